The quantitative estimate of drug-likeness (QED) is 0.585. The van der Waals surface area contributed by atoms with E-state index in [2.05, 4.69) is 10.1 Å². The van der Waals surface area contributed by atoms with Crippen LogP contribution in [0.15, 0.2) is 45.5 Å². The fourth-order valence-electron chi connectivity index (χ4n) is 3.62. The molecule has 2 aromatic heterocycles. The Morgan fingerprint density at radius 2 is 2.21 bits per heavy atom. The highest BCUT2D eigenvalue weighted by atomic mass is 35.5. The molecule has 0 saturated carbocycles. The van der Waals surface area contributed by atoms with Crippen LogP contribution >= 0.6 is 11.6 Å². The maximum Gasteiger partial charge on any atom is 0.292 e. The third kappa shape index (κ3) is 4.53. The van der Waals surface area contributed by atoms with Crippen molar-refractivity contribution in [3.8, 4) is 0 Å². The second-order valence-corrected chi connectivity index (χ2v) is 8.27. The third-order valence-corrected chi connectivity index (χ3v) is 5.46. The summed E-state index contributed by atoms with van der Waals surface area (Å²) in [5.74, 6) is 1.94. The molecule has 6 nitrogen and oxygen atoms in total. The van der Waals surface area contributed by atoms with Crippen LogP contribution in [0.2, 0.25) is 5.02 Å². The molecule has 0 aliphatic carbocycles. The van der Waals surface area contributed by atoms with Crippen molar-refractivity contribution in [2.24, 2.45) is 0 Å². The Morgan fingerprint density at radius 3 is 2.97 bits per heavy atom. The van der Waals surface area contributed by atoms with Crippen LogP contribution in [0.4, 0.5) is 0 Å². The van der Waals surface area contributed by atoms with Crippen molar-refractivity contribution in [1.82, 2.24) is 15.0 Å². The number of nitrogens with zero attached hydrogens (tertiary/aromatic N) is 3. The van der Waals surface area contributed by atoms with Crippen LogP contribution in [0.5, 0.6) is 0 Å². The van der Waals surface area contributed by atoms with Gasteiger partial charge in [-0.3, -0.25) is 4.79 Å². The zero-order valence-electron chi connectivity index (χ0n) is 16.6. The summed E-state index contributed by atoms with van der Waals surface area (Å²) in [5, 5.41) is 4.70. The first-order valence-electron chi connectivity index (χ1n) is 9.94. The predicted molar refractivity (Wildman–Crippen MR) is 109 cm³/mol. The predicted octanol–water partition coefficient (Wildman–Crippen LogP) is 5.05. The van der Waals surface area contributed by atoms with Crippen molar-refractivity contribution < 1.29 is 13.7 Å². The molecule has 1 aromatic carbocycles. The Labute approximate surface area is 174 Å². The summed E-state index contributed by atoms with van der Waals surface area (Å²) >= 11 is 6.06. The minimum atomic E-state index is -0.125. The number of aromatic nitrogens is 2. The van der Waals surface area contributed by atoms with Crippen LogP contribution in [-0.2, 0) is 6.42 Å². The van der Waals surface area contributed by atoms with Crippen molar-refractivity contribution in [1.29, 1.82) is 0 Å². The number of benzene rings is 1. The molecule has 1 amide bonds. The van der Waals surface area contributed by atoms with Gasteiger partial charge in [-0.15, -0.1) is 0 Å². The Balaban J connectivity index is 1.43. The number of amides is 1. The minimum Gasteiger partial charge on any atom is -0.445 e. The molecule has 152 valence electrons. The Bertz CT molecular complexity index is 995. The van der Waals surface area contributed by atoms with Gasteiger partial charge in [0.25, 0.3) is 5.91 Å². The van der Waals surface area contributed by atoms with E-state index < -0.39 is 0 Å². The highest BCUT2D eigenvalue weighted by Gasteiger charge is 2.30. The van der Waals surface area contributed by atoms with E-state index in [1.165, 1.54) is 0 Å². The van der Waals surface area contributed by atoms with E-state index in [9.17, 15) is 4.79 Å². The van der Waals surface area contributed by atoms with E-state index >= 15 is 0 Å². The molecule has 0 N–H and O–H groups in total. The molecule has 1 aliphatic heterocycles. The molecular weight excluding hydrogens is 390 g/mol. The molecule has 7 heteroatoms. The highest BCUT2D eigenvalue weighted by molar-refractivity contribution is 6.30. The van der Waals surface area contributed by atoms with Crippen LogP contribution < -0.4 is 0 Å². The van der Waals surface area contributed by atoms with Crippen molar-refractivity contribution in [3.05, 3.63) is 70.2 Å². The number of rotatable bonds is 5. The lowest BCUT2D eigenvalue weighted by Crippen LogP contribution is -2.39. The molecule has 29 heavy (non-hydrogen) atoms. The van der Waals surface area contributed by atoms with Crippen LogP contribution in [0.1, 0.15) is 72.0 Å². The molecule has 0 bridgehead atoms. The lowest BCUT2D eigenvalue weighted by Gasteiger charge is -2.30. The number of carbonyl (C=O) groups excluding carboxylic acids is 1. The molecular formula is C22H24ClN3O3. The van der Waals surface area contributed by atoms with Gasteiger partial charge in [0.15, 0.2) is 5.89 Å². The number of oxazole rings is 1. The van der Waals surface area contributed by atoms with Crippen molar-refractivity contribution in [2.45, 2.75) is 44.9 Å². The number of halogens is 1. The van der Waals surface area contributed by atoms with E-state index in [0.29, 0.717) is 36.2 Å². The second-order valence-electron chi connectivity index (χ2n) is 7.83. The third-order valence-electron chi connectivity index (χ3n) is 5.23. The molecule has 3 aromatic rings. The zero-order chi connectivity index (χ0) is 20.4. The fraction of sp³-hybridized carbons (Fsp3) is 0.409. The number of likely N-dealkylation sites (tertiary alicyclic amines) is 1. The van der Waals surface area contributed by atoms with Gasteiger partial charge in [0.1, 0.15) is 5.76 Å². The molecule has 0 radical (unpaired) electrons. The number of hydrogen-bond donors (Lipinski definition) is 0. The minimum absolute atomic E-state index is 0.0771. The Kier molecular flexibility index (Phi) is 5.72. The molecule has 3 heterocycles. The van der Waals surface area contributed by atoms with E-state index in [4.69, 9.17) is 20.5 Å². The maximum atomic E-state index is 12.8. The lowest BCUT2D eigenvalue weighted by atomic mass is 9.97. The summed E-state index contributed by atoms with van der Waals surface area (Å²) in [6, 6.07) is 9.45. The average molecular weight is 414 g/mol. The van der Waals surface area contributed by atoms with Crippen molar-refractivity contribution >= 4 is 17.5 Å². The smallest absolute Gasteiger partial charge is 0.292 e. The first-order valence-corrected chi connectivity index (χ1v) is 10.3. The van der Waals surface area contributed by atoms with Gasteiger partial charge in [-0.2, -0.15) is 0 Å². The lowest BCUT2D eigenvalue weighted by molar-refractivity contribution is 0.0656. The summed E-state index contributed by atoms with van der Waals surface area (Å²) in [6.07, 6.45) is 4.24. The summed E-state index contributed by atoms with van der Waals surface area (Å²) < 4.78 is 11.3. The van der Waals surface area contributed by atoms with Crippen molar-refractivity contribution in [3.63, 3.8) is 0 Å². The molecule has 1 atom stereocenters. The van der Waals surface area contributed by atoms with Gasteiger partial charge < -0.3 is 13.8 Å². The summed E-state index contributed by atoms with van der Waals surface area (Å²) in [4.78, 5) is 19.1. The molecule has 1 saturated heterocycles. The molecule has 4 rings (SSSR count). The molecule has 1 fully saturated rings. The SMILES string of the molecule is CC(C)c1cc(C(=O)N2CCC[C@@H](c3ncc(Cc4cccc(Cl)c4)o3)C2)on1. The van der Waals surface area contributed by atoms with Gasteiger partial charge in [0.05, 0.1) is 17.8 Å². The fourth-order valence-corrected chi connectivity index (χ4v) is 3.83. The highest BCUT2D eigenvalue weighted by Crippen LogP contribution is 2.28. The maximum absolute atomic E-state index is 12.8. The number of hydrogen-bond acceptors (Lipinski definition) is 5. The van der Waals surface area contributed by atoms with Gasteiger partial charge in [-0.05, 0) is 36.5 Å². The van der Waals surface area contributed by atoms with E-state index in [0.717, 1.165) is 29.9 Å². The first-order chi connectivity index (χ1) is 14.0. The molecule has 0 unspecified atom stereocenters. The van der Waals surface area contributed by atoms with Gasteiger partial charge in [-0.25, -0.2) is 4.98 Å². The summed E-state index contributed by atoms with van der Waals surface area (Å²) in [6.45, 7) is 5.30. The first kappa shape index (κ1) is 19.7. The molecule has 0 spiro atoms. The Hall–Kier alpha value is -2.60. The zero-order valence-corrected chi connectivity index (χ0v) is 17.4. The average Bonchev–Trinajstić information content (AvgIpc) is 3.37. The normalized spacial score (nSPS) is 17.1. The second kappa shape index (κ2) is 8.41. The number of carbonyl (C=O) groups is 1. The van der Waals surface area contributed by atoms with E-state index in [1.54, 1.807) is 17.2 Å². The van der Waals surface area contributed by atoms with Crippen molar-refractivity contribution in [2.75, 3.05) is 13.1 Å². The monoisotopic (exact) mass is 413 g/mol. The number of piperidine rings is 1. The largest absolute Gasteiger partial charge is 0.445 e. The Morgan fingerprint density at radius 1 is 1.34 bits per heavy atom. The van der Waals surface area contributed by atoms with Crippen LogP contribution in [0.25, 0.3) is 0 Å². The standard InChI is InChI=1S/C22H24ClN3O3/c1-14(2)19-11-20(29-25-19)22(27)26-8-4-6-16(13-26)21-24-12-18(28-21)10-15-5-3-7-17(23)9-15/h3,5,7,9,11-12,14,16H,4,6,8,10,13H2,1-2H3/t16-/m1/s1. The topological polar surface area (TPSA) is 72.4 Å². The summed E-state index contributed by atoms with van der Waals surface area (Å²) in [7, 11) is 0. The van der Waals surface area contributed by atoms with Crippen LogP contribution in [0.3, 0.4) is 0 Å². The van der Waals surface area contributed by atoms with E-state index in [-0.39, 0.29) is 17.7 Å². The van der Waals surface area contributed by atoms with Gasteiger partial charge in [0, 0.05) is 30.6 Å². The summed E-state index contributed by atoms with van der Waals surface area (Å²) in [5.41, 5.74) is 1.87. The van der Waals surface area contributed by atoms with Gasteiger partial charge in [0.2, 0.25) is 5.76 Å². The van der Waals surface area contributed by atoms with Gasteiger partial charge >= 0.3 is 0 Å². The van der Waals surface area contributed by atoms with Crippen LogP contribution in [0, 0.1) is 0 Å². The molecule has 1 aliphatic rings. The van der Waals surface area contributed by atoms with Crippen LogP contribution in [-0.4, -0.2) is 34.0 Å². The van der Waals surface area contributed by atoms with E-state index in [1.807, 2.05) is 38.1 Å². The van der Waals surface area contributed by atoms with Gasteiger partial charge in [-0.1, -0.05) is 42.7 Å².